The first kappa shape index (κ1) is 14.5. The fourth-order valence-corrected chi connectivity index (χ4v) is 2.22. The van der Waals surface area contributed by atoms with E-state index in [1.165, 1.54) is 0 Å². The van der Waals surface area contributed by atoms with Crippen LogP contribution in [0.4, 0.5) is 5.69 Å². The lowest BCUT2D eigenvalue weighted by Crippen LogP contribution is -2.43. The molecule has 1 aromatic rings. The van der Waals surface area contributed by atoms with Crippen molar-refractivity contribution in [3.05, 3.63) is 28.2 Å². The zero-order valence-electron chi connectivity index (χ0n) is 10.3. The number of aliphatic carboxylic acids is 1. The number of rotatable bonds is 5. The zero-order chi connectivity index (χ0) is 13.8. The summed E-state index contributed by atoms with van der Waals surface area (Å²) in [7, 11) is 0. The summed E-state index contributed by atoms with van der Waals surface area (Å²) in [5, 5.41) is 21.4. The van der Waals surface area contributed by atoms with E-state index in [4.69, 9.17) is 5.26 Å². The van der Waals surface area contributed by atoms with Gasteiger partial charge in [-0.1, -0.05) is 19.4 Å². The minimum absolute atomic E-state index is 0.418. The number of nitrogens with one attached hydrogen (secondary N) is 1. The molecule has 4 nitrogen and oxygen atoms in total. The van der Waals surface area contributed by atoms with Crippen LogP contribution in [0, 0.1) is 11.3 Å². The van der Waals surface area contributed by atoms with Crippen molar-refractivity contribution in [1.29, 1.82) is 5.26 Å². The Labute approximate surface area is 115 Å². The van der Waals surface area contributed by atoms with Crippen molar-refractivity contribution in [2.45, 2.75) is 32.2 Å². The van der Waals surface area contributed by atoms with Gasteiger partial charge in [-0.3, -0.25) is 0 Å². The van der Waals surface area contributed by atoms with Gasteiger partial charge in [0.15, 0.2) is 0 Å². The number of carboxylic acids is 1. The summed E-state index contributed by atoms with van der Waals surface area (Å²) >= 11 is 3.28. The van der Waals surface area contributed by atoms with E-state index in [9.17, 15) is 9.90 Å². The molecule has 0 aliphatic carbocycles. The maximum absolute atomic E-state index is 11.3. The monoisotopic (exact) mass is 310 g/mol. The Balaban J connectivity index is 3.13. The standard InChI is InChI=1S/C13H15BrN2O2/c1-3-7-13(2,12(17)18)16-11-6-4-5-10(14)9(11)8-15/h4-6,16H,3,7H2,1-2H3,(H,17,18). The maximum atomic E-state index is 11.3. The topological polar surface area (TPSA) is 73.1 Å². The van der Waals surface area contributed by atoms with Crippen molar-refractivity contribution in [2.75, 3.05) is 5.32 Å². The largest absolute Gasteiger partial charge is 0.480 e. The molecule has 0 aromatic heterocycles. The highest BCUT2D eigenvalue weighted by Crippen LogP contribution is 2.28. The first-order chi connectivity index (χ1) is 8.44. The van der Waals surface area contributed by atoms with E-state index in [1.54, 1.807) is 25.1 Å². The summed E-state index contributed by atoms with van der Waals surface area (Å²) in [6.07, 6.45) is 1.23. The third-order valence-electron chi connectivity index (χ3n) is 2.76. The quantitative estimate of drug-likeness (QED) is 0.874. The third-order valence-corrected chi connectivity index (χ3v) is 3.42. The number of benzene rings is 1. The first-order valence-corrected chi connectivity index (χ1v) is 6.44. The molecule has 96 valence electrons. The highest BCUT2D eigenvalue weighted by molar-refractivity contribution is 9.10. The SMILES string of the molecule is CCCC(C)(Nc1cccc(Br)c1C#N)C(=O)O. The van der Waals surface area contributed by atoms with E-state index in [0.717, 1.165) is 6.42 Å². The molecule has 1 rings (SSSR count). The Kier molecular flexibility index (Phi) is 4.74. The molecule has 0 heterocycles. The summed E-state index contributed by atoms with van der Waals surface area (Å²) < 4.78 is 0.652. The lowest BCUT2D eigenvalue weighted by Gasteiger charge is -2.27. The first-order valence-electron chi connectivity index (χ1n) is 5.64. The van der Waals surface area contributed by atoms with Gasteiger partial charge in [0.25, 0.3) is 0 Å². The second-order valence-corrected chi connectivity index (χ2v) is 5.14. The fourth-order valence-electron chi connectivity index (χ4n) is 1.76. The highest BCUT2D eigenvalue weighted by Gasteiger charge is 2.32. The number of hydrogen-bond donors (Lipinski definition) is 2. The highest BCUT2D eigenvalue weighted by atomic mass is 79.9. The van der Waals surface area contributed by atoms with E-state index in [-0.39, 0.29) is 0 Å². The van der Waals surface area contributed by atoms with Crippen LogP contribution < -0.4 is 5.32 Å². The van der Waals surface area contributed by atoms with Crippen LogP contribution in [0.25, 0.3) is 0 Å². The average Bonchev–Trinajstić information content (AvgIpc) is 2.29. The summed E-state index contributed by atoms with van der Waals surface area (Å²) in [4.78, 5) is 11.3. The molecule has 5 heteroatoms. The zero-order valence-corrected chi connectivity index (χ0v) is 11.9. The van der Waals surface area contributed by atoms with Crippen LogP contribution in [0.15, 0.2) is 22.7 Å². The van der Waals surface area contributed by atoms with Crippen molar-refractivity contribution < 1.29 is 9.90 Å². The van der Waals surface area contributed by atoms with Crippen LogP contribution in [-0.2, 0) is 4.79 Å². The van der Waals surface area contributed by atoms with Gasteiger partial charge in [-0.25, -0.2) is 4.79 Å². The van der Waals surface area contributed by atoms with Gasteiger partial charge in [-0.15, -0.1) is 0 Å². The van der Waals surface area contributed by atoms with Crippen molar-refractivity contribution in [2.24, 2.45) is 0 Å². The van der Waals surface area contributed by atoms with Gasteiger partial charge < -0.3 is 10.4 Å². The van der Waals surface area contributed by atoms with Crippen LogP contribution in [0.2, 0.25) is 0 Å². The fraction of sp³-hybridized carbons (Fsp3) is 0.385. The summed E-state index contributed by atoms with van der Waals surface area (Å²) in [6, 6.07) is 7.29. The summed E-state index contributed by atoms with van der Waals surface area (Å²) in [5.74, 6) is -0.923. The van der Waals surface area contributed by atoms with E-state index in [1.807, 2.05) is 6.92 Å². The van der Waals surface area contributed by atoms with Gasteiger partial charge in [0.1, 0.15) is 11.6 Å². The number of halogens is 1. The third kappa shape index (κ3) is 3.02. The Morgan fingerprint density at radius 2 is 2.28 bits per heavy atom. The average molecular weight is 311 g/mol. The number of nitrogens with zero attached hydrogens (tertiary/aromatic N) is 1. The van der Waals surface area contributed by atoms with Gasteiger partial charge in [-0.2, -0.15) is 5.26 Å². The Bertz CT molecular complexity index is 496. The number of hydrogen-bond acceptors (Lipinski definition) is 3. The lowest BCUT2D eigenvalue weighted by atomic mass is 9.95. The van der Waals surface area contributed by atoms with Gasteiger partial charge in [0.05, 0.1) is 11.3 Å². The molecule has 0 spiro atoms. The second-order valence-electron chi connectivity index (χ2n) is 4.29. The smallest absolute Gasteiger partial charge is 0.329 e. The van der Waals surface area contributed by atoms with E-state index < -0.39 is 11.5 Å². The lowest BCUT2D eigenvalue weighted by molar-refractivity contribution is -0.141. The van der Waals surface area contributed by atoms with Gasteiger partial charge in [0.2, 0.25) is 0 Å². The van der Waals surface area contributed by atoms with E-state index >= 15 is 0 Å². The molecular formula is C13H15BrN2O2. The van der Waals surface area contributed by atoms with E-state index in [0.29, 0.717) is 22.1 Å². The van der Waals surface area contributed by atoms with Crippen molar-refractivity contribution in [3.63, 3.8) is 0 Å². The summed E-state index contributed by atoms with van der Waals surface area (Å²) in [5.41, 5.74) is -0.118. The van der Waals surface area contributed by atoms with Crippen LogP contribution in [0.3, 0.4) is 0 Å². The molecule has 0 fully saturated rings. The Morgan fingerprint density at radius 3 is 2.78 bits per heavy atom. The van der Waals surface area contributed by atoms with Crippen molar-refractivity contribution in [1.82, 2.24) is 0 Å². The molecule has 1 unspecified atom stereocenters. The molecule has 0 aliphatic rings. The van der Waals surface area contributed by atoms with Crippen molar-refractivity contribution >= 4 is 27.6 Å². The minimum Gasteiger partial charge on any atom is -0.480 e. The molecule has 0 bridgehead atoms. The normalized spacial score (nSPS) is 13.4. The molecule has 0 aliphatic heterocycles. The Hall–Kier alpha value is -1.54. The molecule has 0 saturated heterocycles. The molecule has 0 saturated carbocycles. The molecule has 1 aromatic carbocycles. The molecule has 0 amide bonds. The van der Waals surface area contributed by atoms with Crippen LogP contribution in [-0.4, -0.2) is 16.6 Å². The number of nitriles is 1. The van der Waals surface area contributed by atoms with E-state index in [2.05, 4.69) is 27.3 Å². The Morgan fingerprint density at radius 1 is 1.61 bits per heavy atom. The predicted octanol–water partition coefficient (Wildman–Crippen LogP) is 3.38. The van der Waals surface area contributed by atoms with Crippen molar-refractivity contribution in [3.8, 4) is 6.07 Å². The number of carboxylic acid groups (broad SMARTS) is 1. The molecule has 2 N–H and O–H groups in total. The maximum Gasteiger partial charge on any atom is 0.329 e. The number of carbonyl (C=O) groups is 1. The molecule has 18 heavy (non-hydrogen) atoms. The van der Waals surface area contributed by atoms with Crippen LogP contribution in [0.1, 0.15) is 32.3 Å². The van der Waals surface area contributed by atoms with Gasteiger partial charge >= 0.3 is 5.97 Å². The van der Waals surface area contributed by atoms with Gasteiger partial charge in [-0.05, 0) is 41.4 Å². The number of anilines is 1. The molecular weight excluding hydrogens is 296 g/mol. The predicted molar refractivity (Wildman–Crippen MR) is 73.4 cm³/mol. The molecule has 0 radical (unpaired) electrons. The van der Waals surface area contributed by atoms with Crippen LogP contribution in [0.5, 0.6) is 0 Å². The molecule has 1 atom stereocenters. The second kappa shape index (κ2) is 5.87. The minimum atomic E-state index is -1.07. The van der Waals surface area contributed by atoms with Gasteiger partial charge in [0, 0.05) is 4.47 Å². The van der Waals surface area contributed by atoms with Crippen LogP contribution >= 0.6 is 15.9 Å². The summed E-state index contributed by atoms with van der Waals surface area (Å²) in [6.45, 7) is 3.55.